The minimum atomic E-state index is -0.656. The summed E-state index contributed by atoms with van der Waals surface area (Å²) in [5.74, 6) is -0.446. The molecule has 0 amide bonds. The molecule has 0 aliphatic rings. The number of rotatable bonds is 2. The summed E-state index contributed by atoms with van der Waals surface area (Å²) < 4.78 is 4.58. The summed E-state index contributed by atoms with van der Waals surface area (Å²) in [6.45, 7) is 3.54. The van der Waals surface area contributed by atoms with Gasteiger partial charge in [-0.15, -0.1) is 0 Å². The Balaban J connectivity index is 3.15. The second kappa shape index (κ2) is 4.09. The van der Waals surface area contributed by atoms with Crippen LogP contribution in [0.5, 0.6) is 0 Å². The molecule has 0 radical (unpaired) electrons. The third-order valence-electron chi connectivity index (χ3n) is 2.16. The number of aromatic nitrogens is 1. The van der Waals surface area contributed by atoms with Gasteiger partial charge in [-0.25, -0.2) is 4.79 Å². The molecule has 0 fully saturated rings. The summed E-state index contributed by atoms with van der Waals surface area (Å²) in [4.78, 5) is 15.2. The molecule has 1 rings (SSSR count). The number of carbonyl (C=O) groups is 1. The fraction of sp³-hybridized carbons (Fsp3) is 0.364. The molecule has 1 aromatic heterocycles. The van der Waals surface area contributed by atoms with Gasteiger partial charge in [0, 0.05) is 12.4 Å². The standard InChI is InChI=1S/C11H12N2O2/c1-11(2,7-12)9-4-8(5-13-6-9)10(14)15-3/h4-6H,1-3H3. The van der Waals surface area contributed by atoms with Crippen molar-refractivity contribution in [2.45, 2.75) is 19.3 Å². The Hall–Kier alpha value is -1.89. The number of methoxy groups -OCH3 is 1. The van der Waals surface area contributed by atoms with E-state index in [0.29, 0.717) is 11.1 Å². The summed E-state index contributed by atoms with van der Waals surface area (Å²) in [5, 5.41) is 8.94. The zero-order valence-electron chi connectivity index (χ0n) is 8.94. The number of pyridine rings is 1. The molecule has 0 saturated heterocycles. The third kappa shape index (κ3) is 2.32. The maximum atomic E-state index is 11.2. The van der Waals surface area contributed by atoms with Crippen molar-refractivity contribution in [3.05, 3.63) is 29.6 Å². The number of esters is 1. The molecule has 0 aliphatic heterocycles. The summed E-state index contributed by atoms with van der Waals surface area (Å²) in [6.07, 6.45) is 3.00. The lowest BCUT2D eigenvalue weighted by atomic mass is 9.87. The van der Waals surface area contributed by atoms with Crippen LogP contribution in [0.1, 0.15) is 29.8 Å². The zero-order valence-corrected chi connectivity index (χ0v) is 8.94. The van der Waals surface area contributed by atoms with Crippen molar-refractivity contribution >= 4 is 5.97 Å². The van der Waals surface area contributed by atoms with E-state index in [4.69, 9.17) is 5.26 Å². The minimum Gasteiger partial charge on any atom is -0.465 e. The smallest absolute Gasteiger partial charge is 0.339 e. The maximum absolute atomic E-state index is 11.2. The molecule has 0 atom stereocenters. The van der Waals surface area contributed by atoms with Crippen molar-refractivity contribution in [2.24, 2.45) is 0 Å². The van der Waals surface area contributed by atoms with E-state index in [9.17, 15) is 4.79 Å². The molecule has 0 saturated carbocycles. The van der Waals surface area contributed by atoms with E-state index < -0.39 is 11.4 Å². The Bertz CT molecular complexity index is 419. The van der Waals surface area contributed by atoms with Crippen LogP contribution in [0.4, 0.5) is 0 Å². The van der Waals surface area contributed by atoms with Crippen molar-refractivity contribution in [1.82, 2.24) is 4.98 Å². The summed E-state index contributed by atoms with van der Waals surface area (Å²) in [6, 6.07) is 3.78. The summed E-state index contributed by atoms with van der Waals surface area (Å²) in [7, 11) is 1.31. The van der Waals surface area contributed by atoms with Crippen LogP contribution in [-0.2, 0) is 10.2 Å². The van der Waals surface area contributed by atoms with Crippen molar-refractivity contribution < 1.29 is 9.53 Å². The van der Waals surface area contributed by atoms with Crippen LogP contribution < -0.4 is 0 Å². The highest BCUT2D eigenvalue weighted by atomic mass is 16.5. The van der Waals surface area contributed by atoms with Crippen LogP contribution in [0.2, 0.25) is 0 Å². The quantitative estimate of drug-likeness (QED) is 0.687. The average molecular weight is 204 g/mol. The monoisotopic (exact) mass is 204 g/mol. The number of hydrogen-bond acceptors (Lipinski definition) is 4. The first kappa shape index (κ1) is 11.2. The number of hydrogen-bond donors (Lipinski definition) is 0. The molecule has 0 aliphatic carbocycles. The topological polar surface area (TPSA) is 63.0 Å². The molecule has 0 bridgehead atoms. The Labute approximate surface area is 88.5 Å². The maximum Gasteiger partial charge on any atom is 0.339 e. The zero-order chi connectivity index (χ0) is 11.5. The van der Waals surface area contributed by atoms with Gasteiger partial charge in [0.15, 0.2) is 0 Å². The molecular formula is C11H12N2O2. The number of nitrogens with zero attached hydrogens (tertiary/aromatic N) is 2. The van der Waals surface area contributed by atoms with E-state index >= 15 is 0 Å². The van der Waals surface area contributed by atoms with Gasteiger partial charge >= 0.3 is 5.97 Å². The highest BCUT2D eigenvalue weighted by molar-refractivity contribution is 5.89. The van der Waals surface area contributed by atoms with Gasteiger partial charge in [0.05, 0.1) is 24.2 Å². The number of nitriles is 1. The number of carbonyl (C=O) groups excluding carboxylic acids is 1. The van der Waals surface area contributed by atoms with Gasteiger partial charge in [0.2, 0.25) is 0 Å². The molecule has 78 valence electrons. The lowest BCUT2D eigenvalue weighted by Crippen LogP contribution is -2.15. The Kier molecular flexibility index (Phi) is 3.05. The highest BCUT2D eigenvalue weighted by Crippen LogP contribution is 2.21. The first-order chi connectivity index (χ1) is 7.01. The predicted molar refractivity (Wildman–Crippen MR) is 54.2 cm³/mol. The van der Waals surface area contributed by atoms with Crippen LogP contribution in [0.15, 0.2) is 18.5 Å². The van der Waals surface area contributed by atoms with E-state index in [0.717, 1.165) is 0 Å². The first-order valence-electron chi connectivity index (χ1n) is 4.46. The summed E-state index contributed by atoms with van der Waals surface area (Å²) >= 11 is 0. The van der Waals surface area contributed by atoms with Crippen LogP contribution in [0.25, 0.3) is 0 Å². The molecule has 1 heterocycles. The van der Waals surface area contributed by atoms with Crippen molar-refractivity contribution in [1.29, 1.82) is 5.26 Å². The Morgan fingerprint density at radius 2 is 2.20 bits per heavy atom. The molecule has 1 aromatic rings. The van der Waals surface area contributed by atoms with E-state index in [-0.39, 0.29) is 0 Å². The Morgan fingerprint density at radius 3 is 2.73 bits per heavy atom. The fourth-order valence-corrected chi connectivity index (χ4v) is 1.08. The molecule has 0 aromatic carbocycles. The fourth-order valence-electron chi connectivity index (χ4n) is 1.08. The van der Waals surface area contributed by atoms with Crippen LogP contribution in [-0.4, -0.2) is 18.1 Å². The van der Waals surface area contributed by atoms with Crippen molar-refractivity contribution in [2.75, 3.05) is 7.11 Å². The van der Waals surface area contributed by atoms with Crippen LogP contribution in [0.3, 0.4) is 0 Å². The molecule has 0 unspecified atom stereocenters. The van der Waals surface area contributed by atoms with Gasteiger partial charge in [-0.2, -0.15) is 5.26 Å². The van der Waals surface area contributed by atoms with Crippen LogP contribution in [0, 0.1) is 11.3 Å². The van der Waals surface area contributed by atoms with E-state index in [1.54, 1.807) is 26.1 Å². The lowest BCUT2D eigenvalue weighted by molar-refractivity contribution is 0.0600. The highest BCUT2D eigenvalue weighted by Gasteiger charge is 2.21. The van der Waals surface area contributed by atoms with E-state index in [2.05, 4.69) is 15.8 Å². The molecular weight excluding hydrogens is 192 g/mol. The van der Waals surface area contributed by atoms with E-state index in [1.807, 2.05) is 0 Å². The number of ether oxygens (including phenoxy) is 1. The Morgan fingerprint density at radius 1 is 1.53 bits per heavy atom. The second-order valence-corrected chi connectivity index (χ2v) is 3.69. The van der Waals surface area contributed by atoms with Gasteiger partial charge in [-0.05, 0) is 25.5 Å². The minimum absolute atomic E-state index is 0.360. The largest absolute Gasteiger partial charge is 0.465 e. The van der Waals surface area contributed by atoms with Gasteiger partial charge in [0.25, 0.3) is 0 Å². The normalized spacial score (nSPS) is 10.5. The van der Waals surface area contributed by atoms with Crippen molar-refractivity contribution in [3.8, 4) is 6.07 Å². The van der Waals surface area contributed by atoms with Crippen molar-refractivity contribution in [3.63, 3.8) is 0 Å². The molecule has 15 heavy (non-hydrogen) atoms. The van der Waals surface area contributed by atoms with Gasteiger partial charge in [-0.1, -0.05) is 0 Å². The molecule has 0 N–H and O–H groups in total. The summed E-state index contributed by atoms with van der Waals surface area (Å²) in [5.41, 5.74) is 0.406. The molecule has 0 spiro atoms. The van der Waals surface area contributed by atoms with Gasteiger partial charge in [0.1, 0.15) is 0 Å². The van der Waals surface area contributed by atoms with Gasteiger partial charge < -0.3 is 4.74 Å². The predicted octanol–water partition coefficient (Wildman–Crippen LogP) is 1.67. The lowest BCUT2D eigenvalue weighted by Gasteiger charge is -2.15. The van der Waals surface area contributed by atoms with Gasteiger partial charge in [-0.3, -0.25) is 4.98 Å². The van der Waals surface area contributed by atoms with E-state index in [1.165, 1.54) is 13.3 Å². The van der Waals surface area contributed by atoms with Crippen LogP contribution >= 0.6 is 0 Å². The second-order valence-electron chi connectivity index (χ2n) is 3.69. The molecule has 4 heteroatoms. The third-order valence-corrected chi connectivity index (χ3v) is 2.16. The average Bonchev–Trinajstić information content (AvgIpc) is 2.28. The molecule has 4 nitrogen and oxygen atoms in total. The first-order valence-corrected chi connectivity index (χ1v) is 4.46. The SMILES string of the molecule is COC(=O)c1cncc(C(C)(C)C#N)c1.